The second kappa shape index (κ2) is 27.3. The van der Waals surface area contributed by atoms with Crippen LogP contribution in [0, 0.1) is 0 Å². The van der Waals surface area contributed by atoms with Gasteiger partial charge in [0.1, 0.15) is 0 Å². The molecule has 0 radical (unpaired) electrons. The van der Waals surface area contributed by atoms with Gasteiger partial charge in [0, 0.05) is 87.6 Å². The minimum absolute atomic E-state index is 0.580. The van der Waals surface area contributed by atoms with Crippen molar-refractivity contribution in [3.63, 3.8) is 0 Å². The Morgan fingerprint density at radius 3 is 0.991 bits per heavy atom. The summed E-state index contributed by atoms with van der Waals surface area (Å²) in [5.74, 6) is 2.39. The van der Waals surface area contributed by atoms with Crippen molar-refractivity contribution in [1.29, 1.82) is 0 Å². The maximum absolute atomic E-state index is 5.54. The molecule has 9 nitrogen and oxygen atoms in total. The van der Waals surface area contributed by atoms with Gasteiger partial charge in [-0.05, 0) is 98.8 Å². The van der Waals surface area contributed by atoms with Crippen LogP contribution in [0.25, 0.3) is 222 Å². The summed E-state index contributed by atoms with van der Waals surface area (Å²) in [6.07, 6.45) is 0. The maximum Gasteiger partial charge on any atom is 0.164 e. The number of para-hydroxylation sites is 4. The Morgan fingerprint density at radius 1 is 0.175 bits per heavy atom. The van der Waals surface area contributed by atoms with Crippen molar-refractivity contribution >= 4 is 87.0 Å². The highest BCUT2D eigenvalue weighted by Gasteiger charge is 2.26. The van der Waals surface area contributed by atoms with E-state index in [4.69, 9.17) is 34.9 Å². The van der Waals surface area contributed by atoms with Gasteiger partial charge in [-0.2, -0.15) is 0 Å². The molecule has 22 rings (SSSR count). The van der Waals surface area contributed by atoms with Gasteiger partial charge >= 0.3 is 0 Å². The first-order valence-corrected chi connectivity index (χ1v) is 38.5. The largest absolute Gasteiger partial charge is 0.308 e. The summed E-state index contributed by atoms with van der Waals surface area (Å²) in [6.45, 7) is 0. The second-order valence-electron chi connectivity index (χ2n) is 29.0. The third-order valence-electron chi connectivity index (χ3n) is 22.4. The Hall–Kier alpha value is -15.5. The first-order chi connectivity index (χ1) is 56.5. The molecule has 0 fully saturated rings. The van der Waals surface area contributed by atoms with Gasteiger partial charge in [0.15, 0.2) is 23.3 Å². The Balaban J connectivity index is 0.610. The zero-order valence-electron chi connectivity index (χ0n) is 61.6. The number of nitrogens with zero attached hydrogens (tertiary/aromatic N) is 9. The lowest BCUT2D eigenvalue weighted by Crippen LogP contribution is -2.02. The maximum atomic E-state index is 5.54. The summed E-state index contributed by atoms with van der Waals surface area (Å²) >= 11 is 0. The van der Waals surface area contributed by atoms with Crippen LogP contribution in [0.1, 0.15) is 0 Å². The lowest BCUT2D eigenvalue weighted by molar-refractivity contribution is 1.08. The third kappa shape index (κ3) is 11.2. The number of aromatic nitrogens is 9. The van der Waals surface area contributed by atoms with Crippen LogP contribution in [-0.4, -0.2) is 44.0 Å². The molecule has 0 aliphatic heterocycles. The molecule has 22 aromatic rings. The van der Waals surface area contributed by atoms with Gasteiger partial charge in [-0.3, -0.25) is 0 Å². The summed E-state index contributed by atoms with van der Waals surface area (Å²) in [5, 5.41) is 11.0. The Bertz CT molecular complexity index is 7550. The highest BCUT2D eigenvalue weighted by molar-refractivity contribution is 6.25. The van der Waals surface area contributed by atoms with Crippen LogP contribution >= 0.6 is 0 Å². The molecule has 16 aromatic carbocycles. The van der Waals surface area contributed by atoms with Gasteiger partial charge in [0.05, 0.1) is 67.3 Å². The summed E-state index contributed by atoms with van der Waals surface area (Å²) in [7, 11) is 0. The smallest absolute Gasteiger partial charge is 0.164 e. The average Bonchev–Trinajstić information content (AvgIpc) is 1.55. The van der Waals surface area contributed by atoms with E-state index in [1.165, 1.54) is 0 Å². The molecule has 6 heterocycles. The van der Waals surface area contributed by atoms with Gasteiger partial charge in [-0.1, -0.05) is 340 Å². The minimum atomic E-state index is 0.580. The van der Waals surface area contributed by atoms with Crippen LogP contribution in [0.15, 0.2) is 394 Å². The van der Waals surface area contributed by atoms with Crippen molar-refractivity contribution in [1.82, 2.24) is 44.0 Å². The number of hydrogen-bond acceptors (Lipinski definition) is 7. The predicted octanol–water partition coefficient (Wildman–Crippen LogP) is 26.6. The number of benzene rings is 16. The van der Waals surface area contributed by atoms with Crippen LogP contribution in [0.5, 0.6) is 0 Å². The summed E-state index contributed by atoms with van der Waals surface area (Å²) < 4.78 is 4.89. The summed E-state index contributed by atoms with van der Waals surface area (Å²) in [6, 6.07) is 139. The lowest BCUT2D eigenvalue weighted by Gasteiger charge is -2.17. The molecule has 0 amide bonds. The van der Waals surface area contributed by atoms with Crippen LogP contribution in [0.4, 0.5) is 0 Å². The SMILES string of the molecule is c1ccc(-c2ccc(-c3cc(-c4ccc(-n5c6ccccc6c6c(-c7ccccc7)nc7ccccc7c65)c5ccccc45)nc(-c4ccc(-c5cccc(-c6ccc(-c7nc(-c8ccccc8)nc(-c8ccc(-n9c%10ccccc%10c%10c(-c%11ccccc%11)nc%11ccccc%11c%109)c9ccccc89)n7)cc6)c5)cc4)n3)cc2)cc1. The molecule has 0 aliphatic carbocycles. The standard InChI is InChI=1S/C105H65N9/c1-5-26-66(27-6-1)67-48-54-70(55-49-67)90-65-91(80-60-62-94(81-38-15-13-36-78(80)81)113-92-46-23-19-42-86(92)96-98(71-28-7-2-8-29-71)106-88-44-21-17-40-84(88)100(96)113)109-102(108-90)74-56-50-68(51-57-74)76-34-25-35-77(64-76)69-52-58-75(59-53-69)104-110-103(73-32-11-4-12-33-73)111-105(112-104)83-61-63-95(82-39-16-14-37-79(82)83)114-93-47-24-20-43-87(93)97-99(72-30-9-3-10-31-72)107-89-45-22-18-41-85(89)101(97)114/h1-65H. The summed E-state index contributed by atoms with van der Waals surface area (Å²) in [4.78, 5) is 37.6. The van der Waals surface area contributed by atoms with Gasteiger partial charge in [0.2, 0.25) is 0 Å². The minimum Gasteiger partial charge on any atom is -0.308 e. The van der Waals surface area contributed by atoms with Gasteiger partial charge in [-0.15, -0.1) is 0 Å². The molecule has 0 saturated heterocycles. The molecule has 0 bridgehead atoms. The lowest BCUT2D eigenvalue weighted by atomic mass is 9.97. The van der Waals surface area contributed by atoms with Crippen molar-refractivity contribution in [2.45, 2.75) is 0 Å². The van der Waals surface area contributed by atoms with Crippen molar-refractivity contribution in [3.8, 4) is 135 Å². The number of hydrogen-bond donors (Lipinski definition) is 0. The quantitative estimate of drug-likeness (QED) is 0.113. The van der Waals surface area contributed by atoms with E-state index >= 15 is 0 Å². The summed E-state index contributed by atoms with van der Waals surface area (Å²) in [5.41, 5.74) is 26.3. The molecule has 0 atom stereocenters. The Labute approximate surface area is 656 Å². The van der Waals surface area contributed by atoms with E-state index in [1.807, 2.05) is 18.2 Å². The Morgan fingerprint density at radius 2 is 0.500 bits per heavy atom. The zero-order chi connectivity index (χ0) is 75.2. The van der Waals surface area contributed by atoms with Crippen molar-refractivity contribution < 1.29 is 0 Å². The van der Waals surface area contributed by atoms with E-state index in [-0.39, 0.29) is 0 Å². The van der Waals surface area contributed by atoms with Gasteiger partial charge in [-0.25, -0.2) is 34.9 Å². The highest BCUT2D eigenvalue weighted by atomic mass is 15.0. The molecule has 114 heavy (non-hydrogen) atoms. The van der Waals surface area contributed by atoms with E-state index in [9.17, 15) is 0 Å². The molecule has 0 unspecified atom stereocenters. The first-order valence-electron chi connectivity index (χ1n) is 38.5. The third-order valence-corrected chi connectivity index (χ3v) is 22.4. The normalized spacial score (nSPS) is 11.7. The van der Waals surface area contributed by atoms with Gasteiger partial charge < -0.3 is 9.13 Å². The van der Waals surface area contributed by atoms with E-state index in [0.29, 0.717) is 23.3 Å². The van der Waals surface area contributed by atoms with Crippen LogP contribution in [0.3, 0.4) is 0 Å². The topological polar surface area (TPSA) is 100 Å². The monoisotopic (exact) mass is 1450 g/mol. The highest BCUT2D eigenvalue weighted by Crippen LogP contribution is 2.47. The van der Waals surface area contributed by atoms with Crippen molar-refractivity contribution in [2.24, 2.45) is 0 Å². The molecular formula is C105H65N9. The molecule has 6 aromatic heterocycles. The molecule has 9 heteroatoms. The molecule has 0 N–H and O–H groups in total. The molecule has 0 saturated carbocycles. The predicted molar refractivity (Wildman–Crippen MR) is 470 cm³/mol. The molecule has 0 aliphatic rings. The zero-order valence-corrected chi connectivity index (χ0v) is 61.6. The second-order valence-corrected chi connectivity index (χ2v) is 29.0. The van der Waals surface area contributed by atoms with E-state index < -0.39 is 0 Å². The van der Waals surface area contributed by atoms with Crippen LogP contribution in [0.2, 0.25) is 0 Å². The van der Waals surface area contributed by atoms with Gasteiger partial charge in [0.25, 0.3) is 0 Å². The Kier molecular flexibility index (Phi) is 15.7. The molecule has 530 valence electrons. The van der Waals surface area contributed by atoms with E-state index in [2.05, 4.69) is 385 Å². The van der Waals surface area contributed by atoms with E-state index in [1.54, 1.807) is 0 Å². The van der Waals surface area contributed by atoms with Crippen molar-refractivity contribution in [3.05, 3.63) is 394 Å². The average molecular weight is 1450 g/mol. The fraction of sp³-hybridized carbons (Fsp3) is 0. The fourth-order valence-corrected chi connectivity index (χ4v) is 17.0. The van der Waals surface area contributed by atoms with Crippen molar-refractivity contribution in [2.75, 3.05) is 0 Å². The van der Waals surface area contributed by atoms with Crippen LogP contribution < -0.4 is 0 Å². The fourth-order valence-electron chi connectivity index (χ4n) is 17.0. The molecule has 0 spiro atoms. The molecular weight excluding hydrogens is 1390 g/mol. The number of pyridine rings is 2. The first kappa shape index (κ1) is 65.6. The number of rotatable bonds is 13. The number of fused-ring (bicyclic) bond motifs is 12. The van der Waals surface area contributed by atoms with Crippen LogP contribution in [-0.2, 0) is 0 Å². The van der Waals surface area contributed by atoms with E-state index in [0.717, 1.165) is 199 Å².